The van der Waals surface area contributed by atoms with Crippen molar-refractivity contribution in [1.82, 2.24) is 14.5 Å². The second kappa shape index (κ2) is 7.21. The maximum Gasteiger partial charge on any atom is 0.418 e. The average Bonchev–Trinajstić information content (AvgIpc) is 3.06. The quantitative estimate of drug-likeness (QED) is 0.812. The van der Waals surface area contributed by atoms with Crippen LogP contribution in [0.5, 0.6) is 0 Å². The topological polar surface area (TPSA) is 38.1 Å². The highest BCUT2D eigenvalue weighted by molar-refractivity contribution is 7.99. The first-order valence-electron chi connectivity index (χ1n) is 7.91. The minimum atomic E-state index is -4.39. The largest absolute Gasteiger partial charge is 0.418 e. The molecule has 25 heavy (non-hydrogen) atoms. The molecule has 0 radical (unpaired) electrons. The van der Waals surface area contributed by atoms with E-state index in [0.717, 1.165) is 22.4 Å². The molecule has 134 valence electrons. The molecule has 0 bridgehead atoms. The maximum atomic E-state index is 13.0. The average molecular weight is 369 g/mol. The maximum absolute atomic E-state index is 13.0. The number of rotatable bonds is 5. The lowest BCUT2D eigenvalue weighted by Crippen LogP contribution is -2.25. The Kier molecular flexibility index (Phi) is 5.19. The fourth-order valence-electron chi connectivity index (χ4n) is 2.90. The Morgan fingerprint density at radius 3 is 2.88 bits per heavy atom. The molecule has 0 fully saturated rings. The van der Waals surface area contributed by atoms with Crippen molar-refractivity contribution in [3.63, 3.8) is 0 Å². The highest BCUT2D eigenvalue weighted by Crippen LogP contribution is 2.31. The summed E-state index contributed by atoms with van der Waals surface area (Å²) < 4.78 is 40.8. The molecule has 0 N–H and O–H groups in total. The van der Waals surface area contributed by atoms with E-state index in [1.165, 1.54) is 12.3 Å². The zero-order chi connectivity index (χ0) is 18.0. The van der Waals surface area contributed by atoms with Gasteiger partial charge in [0.05, 0.1) is 16.3 Å². The third-order valence-electron chi connectivity index (χ3n) is 4.13. The van der Waals surface area contributed by atoms with Crippen LogP contribution in [-0.2, 0) is 25.7 Å². The first kappa shape index (κ1) is 18.0. The zero-order valence-corrected chi connectivity index (χ0v) is 14.5. The normalized spacial score (nSPS) is 14.1. The fraction of sp³-hybridized carbons (Fsp3) is 0.412. The summed E-state index contributed by atoms with van der Waals surface area (Å²) in [5.41, 5.74) is 0.410. The molecule has 0 amide bonds. The van der Waals surface area contributed by atoms with E-state index in [1.54, 1.807) is 22.4 Å². The molecule has 0 unspecified atom stereocenters. The molecule has 0 saturated carbocycles. The van der Waals surface area contributed by atoms with Gasteiger partial charge in [-0.1, -0.05) is 0 Å². The van der Waals surface area contributed by atoms with E-state index in [-0.39, 0.29) is 17.7 Å². The molecule has 0 aliphatic carbocycles. The van der Waals surface area contributed by atoms with E-state index in [9.17, 15) is 18.0 Å². The molecule has 1 aliphatic rings. The van der Waals surface area contributed by atoms with E-state index in [2.05, 4.69) is 4.98 Å². The Hall–Kier alpha value is -1.80. The predicted octanol–water partition coefficient (Wildman–Crippen LogP) is 3.04. The molecular weight excluding hydrogens is 351 g/mol. The molecule has 0 saturated heterocycles. The minimum absolute atomic E-state index is 0.00490. The van der Waals surface area contributed by atoms with E-state index < -0.39 is 11.7 Å². The number of likely N-dealkylation sites (N-methyl/N-ethyl adjacent to an activating group) is 1. The molecule has 0 atom stereocenters. The molecular formula is C17H18F3N3OS. The van der Waals surface area contributed by atoms with E-state index >= 15 is 0 Å². The van der Waals surface area contributed by atoms with Crippen LogP contribution in [0, 0.1) is 0 Å². The Morgan fingerprint density at radius 2 is 2.12 bits per heavy atom. The SMILES string of the molecule is CN(CCc1ncccc1C(F)(F)F)Cc1ccc(=O)n2c1SCC2. The third-order valence-corrected chi connectivity index (χ3v) is 5.28. The number of alkyl halides is 3. The van der Waals surface area contributed by atoms with E-state index in [0.29, 0.717) is 19.6 Å². The zero-order valence-electron chi connectivity index (χ0n) is 13.7. The molecule has 4 nitrogen and oxygen atoms in total. The van der Waals surface area contributed by atoms with Crippen molar-refractivity contribution in [2.24, 2.45) is 0 Å². The van der Waals surface area contributed by atoms with Gasteiger partial charge in [-0.15, -0.1) is 11.8 Å². The Bertz CT molecular complexity index is 820. The van der Waals surface area contributed by atoms with Crippen LogP contribution in [0.15, 0.2) is 40.3 Å². The summed E-state index contributed by atoms with van der Waals surface area (Å²) in [6, 6.07) is 5.73. The van der Waals surface area contributed by atoms with Crippen LogP contribution >= 0.6 is 11.8 Å². The number of aromatic nitrogens is 2. The summed E-state index contributed by atoms with van der Waals surface area (Å²) in [5.74, 6) is 0.874. The summed E-state index contributed by atoms with van der Waals surface area (Å²) in [7, 11) is 1.86. The fourth-order valence-corrected chi connectivity index (χ4v) is 4.03. The van der Waals surface area contributed by atoms with Crippen molar-refractivity contribution < 1.29 is 13.2 Å². The lowest BCUT2D eigenvalue weighted by Gasteiger charge is -2.19. The molecule has 2 aromatic heterocycles. The van der Waals surface area contributed by atoms with Crippen LogP contribution in [0.2, 0.25) is 0 Å². The van der Waals surface area contributed by atoms with Crippen molar-refractivity contribution in [2.45, 2.75) is 30.7 Å². The molecule has 3 heterocycles. The number of nitrogens with zero attached hydrogens (tertiary/aromatic N) is 3. The number of halogens is 3. The molecule has 0 aromatic carbocycles. The van der Waals surface area contributed by atoms with Gasteiger partial charge >= 0.3 is 6.18 Å². The lowest BCUT2D eigenvalue weighted by molar-refractivity contribution is -0.138. The molecule has 0 spiro atoms. The van der Waals surface area contributed by atoms with Crippen LogP contribution in [0.25, 0.3) is 0 Å². The van der Waals surface area contributed by atoms with Crippen molar-refractivity contribution in [3.8, 4) is 0 Å². The van der Waals surface area contributed by atoms with E-state index in [1.807, 2.05) is 18.0 Å². The number of hydrogen-bond acceptors (Lipinski definition) is 4. The third kappa shape index (κ3) is 4.07. The number of hydrogen-bond donors (Lipinski definition) is 0. The molecule has 8 heteroatoms. The van der Waals surface area contributed by atoms with Gasteiger partial charge in [-0.2, -0.15) is 13.2 Å². The van der Waals surface area contributed by atoms with Gasteiger partial charge in [-0.05, 0) is 30.8 Å². The van der Waals surface area contributed by atoms with Crippen molar-refractivity contribution >= 4 is 11.8 Å². The summed E-state index contributed by atoms with van der Waals surface area (Å²) in [4.78, 5) is 17.7. The standard InChI is InChI=1S/C17H18F3N3OS/c1-22(8-6-14-13(17(18,19)20)3-2-7-21-14)11-12-4-5-15(24)23-9-10-25-16(12)23/h2-5,7H,6,8-11H2,1H3. The molecule has 3 rings (SSSR count). The first-order valence-corrected chi connectivity index (χ1v) is 8.90. The smallest absolute Gasteiger partial charge is 0.302 e. The summed E-state index contributed by atoms with van der Waals surface area (Å²) in [5, 5.41) is 0.966. The van der Waals surface area contributed by atoms with Crippen LogP contribution in [-0.4, -0.2) is 33.8 Å². The molecule has 1 aliphatic heterocycles. The second-order valence-corrected chi connectivity index (χ2v) is 7.07. The van der Waals surface area contributed by atoms with Gasteiger partial charge in [-0.3, -0.25) is 9.78 Å². The highest BCUT2D eigenvalue weighted by atomic mass is 32.2. The Morgan fingerprint density at radius 1 is 1.32 bits per heavy atom. The monoisotopic (exact) mass is 369 g/mol. The predicted molar refractivity (Wildman–Crippen MR) is 90.7 cm³/mol. The van der Waals surface area contributed by atoms with Crippen molar-refractivity contribution in [2.75, 3.05) is 19.3 Å². The van der Waals surface area contributed by atoms with E-state index in [4.69, 9.17) is 0 Å². The van der Waals surface area contributed by atoms with Crippen molar-refractivity contribution in [1.29, 1.82) is 0 Å². The van der Waals surface area contributed by atoms with Gasteiger partial charge < -0.3 is 9.47 Å². The van der Waals surface area contributed by atoms with Crippen molar-refractivity contribution in [3.05, 3.63) is 57.6 Å². The highest BCUT2D eigenvalue weighted by Gasteiger charge is 2.33. The van der Waals surface area contributed by atoms with Gasteiger partial charge in [0.15, 0.2) is 0 Å². The summed E-state index contributed by atoms with van der Waals surface area (Å²) in [6.07, 6.45) is -2.79. The van der Waals surface area contributed by atoms with Crippen LogP contribution < -0.4 is 5.56 Å². The van der Waals surface area contributed by atoms with Gasteiger partial charge in [0.2, 0.25) is 0 Å². The van der Waals surface area contributed by atoms with Gasteiger partial charge in [-0.25, -0.2) is 0 Å². The number of pyridine rings is 2. The first-order chi connectivity index (χ1) is 11.9. The minimum Gasteiger partial charge on any atom is -0.302 e. The Labute approximate surface area is 147 Å². The van der Waals surface area contributed by atoms with Gasteiger partial charge in [0.25, 0.3) is 5.56 Å². The van der Waals surface area contributed by atoms with Crippen LogP contribution in [0.3, 0.4) is 0 Å². The molecule has 2 aromatic rings. The number of fused-ring (bicyclic) bond motifs is 1. The van der Waals surface area contributed by atoms with Crippen LogP contribution in [0.4, 0.5) is 13.2 Å². The second-order valence-electron chi connectivity index (χ2n) is 5.99. The van der Waals surface area contributed by atoms with Gasteiger partial charge in [0.1, 0.15) is 0 Å². The summed E-state index contributed by atoms with van der Waals surface area (Å²) in [6.45, 7) is 1.74. The van der Waals surface area contributed by atoms with Crippen LogP contribution in [0.1, 0.15) is 16.8 Å². The summed E-state index contributed by atoms with van der Waals surface area (Å²) >= 11 is 1.65. The lowest BCUT2D eigenvalue weighted by atomic mass is 10.1. The Balaban J connectivity index is 1.68. The number of thioether (sulfide) groups is 1. The van der Waals surface area contributed by atoms with Gasteiger partial charge in [0, 0.05) is 44.1 Å².